The molecule has 0 spiro atoms. The number of amides is 2. The fourth-order valence-corrected chi connectivity index (χ4v) is 5.97. The molecule has 0 saturated carbocycles. The van der Waals surface area contributed by atoms with Crippen LogP contribution in [0.2, 0.25) is 0 Å². The van der Waals surface area contributed by atoms with Gasteiger partial charge in [0.1, 0.15) is 5.82 Å². The molecule has 3 aromatic rings. The van der Waals surface area contributed by atoms with Gasteiger partial charge in [0.05, 0.1) is 23.7 Å². The van der Waals surface area contributed by atoms with Crippen molar-refractivity contribution < 1.29 is 14.0 Å². The van der Waals surface area contributed by atoms with Crippen LogP contribution in [-0.4, -0.2) is 59.3 Å². The second-order valence-corrected chi connectivity index (χ2v) is 10.7. The zero-order valence-electron chi connectivity index (χ0n) is 22.1. The number of carbonyl (C=O) groups is 2. The van der Waals surface area contributed by atoms with Crippen molar-refractivity contribution in [2.45, 2.75) is 32.7 Å². The lowest BCUT2D eigenvalue weighted by Crippen LogP contribution is -2.36. The monoisotopic (exact) mass is 514 g/mol. The van der Waals surface area contributed by atoms with Crippen LogP contribution in [0.4, 0.5) is 4.39 Å². The van der Waals surface area contributed by atoms with Crippen LogP contribution in [0.1, 0.15) is 45.2 Å². The van der Waals surface area contributed by atoms with Gasteiger partial charge in [0.15, 0.2) is 0 Å². The molecule has 0 aliphatic carbocycles. The zero-order valence-corrected chi connectivity index (χ0v) is 22.1. The molecule has 1 N–H and O–H groups in total. The van der Waals surface area contributed by atoms with Crippen LogP contribution in [0.15, 0.2) is 66.9 Å². The number of hydrogen-bond acceptors (Lipinski definition) is 4. The van der Waals surface area contributed by atoms with E-state index in [1.165, 1.54) is 12.1 Å². The maximum Gasteiger partial charge on any atom is 0.255 e. The van der Waals surface area contributed by atoms with Crippen molar-refractivity contribution in [3.05, 3.63) is 101 Å². The SMILES string of the molecule is Cc1ccnc(C)c1C(=O)N1CC2CN(CCC(NC(=O)Cc3ccc(F)cc3)c3ccccc3)C[C@H]2C1. The molecule has 3 heterocycles. The Kier molecular flexibility index (Phi) is 7.84. The number of pyridine rings is 1. The maximum atomic E-state index is 13.2. The number of likely N-dealkylation sites (tertiary alicyclic amines) is 2. The van der Waals surface area contributed by atoms with E-state index in [4.69, 9.17) is 0 Å². The highest BCUT2D eigenvalue weighted by atomic mass is 19.1. The Bertz CT molecular complexity index is 1250. The van der Waals surface area contributed by atoms with Crippen molar-refractivity contribution in [1.29, 1.82) is 0 Å². The predicted octanol–water partition coefficient (Wildman–Crippen LogP) is 4.33. The number of carbonyl (C=O) groups excluding carboxylic acids is 2. The molecule has 1 aromatic heterocycles. The van der Waals surface area contributed by atoms with Crippen LogP contribution >= 0.6 is 0 Å². The lowest BCUT2D eigenvalue weighted by atomic mass is 10.0. The van der Waals surface area contributed by atoms with Gasteiger partial charge in [-0.25, -0.2) is 4.39 Å². The molecule has 2 saturated heterocycles. The Morgan fingerprint density at radius 2 is 1.66 bits per heavy atom. The van der Waals surface area contributed by atoms with E-state index in [-0.39, 0.29) is 30.1 Å². The number of halogens is 1. The molecule has 7 heteroatoms. The van der Waals surface area contributed by atoms with E-state index in [9.17, 15) is 14.0 Å². The van der Waals surface area contributed by atoms with Gasteiger partial charge in [0.2, 0.25) is 5.91 Å². The molecule has 2 fully saturated rings. The number of nitrogens with one attached hydrogen (secondary N) is 1. The number of benzene rings is 2. The van der Waals surface area contributed by atoms with Crippen LogP contribution in [0, 0.1) is 31.5 Å². The average molecular weight is 515 g/mol. The summed E-state index contributed by atoms with van der Waals surface area (Å²) in [6.45, 7) is 8.24. The molecule has 5 rings (SSSR count). The van der Waals surface area contributed by atoms with Crippen molar-refractivity contribution in [3.63, 3.8) is 0 Å². The Labute approximate surface area is 223 Å². The Morgan fingerprint density at radius 3 is 2.32 bits per heavy atom. The minimum atomic E-state index is -0.304. The number of hydrogen-bond donors (Lipinski definition) is 1. The molecule has 3 atom stereocenters. The molecule has 2 aliphatic heterocycles. The predicted molar refractivity (Wildman–Crippen MR) is 145 cm³/mol. The van der Waals surface area contributed by atoms with E-state index in [0.29, 0.717) is 11.8 Å². The standard InChI is InChI=1S/C31H35FN4O2/c1-21-12-14-33-22(2)30(21)31(38)36-19-25-17-35(18-26(25)20-36)15-13-28(24-6-4-3-5-7-24)34-29(37)16-23-8-10-27(32)11-9-23/h3-12,14,25-26,28H,13,15-20H2,1-2H3,(H,34,37)/t25-,26?,28?/m0/s1. The fourth-order valence-electron chi connectivity index (χ4n) is 5.97. The van der Waals surface area contributed by atoms with Crippen molar-refractivity contribution >= 4 is 11.8 Å². The molecule has 2 aliphatic rings. The summed E-state index contributed by atoms with van der Waals surface area (Å²) in [5, 5.41) is 3.20. The lowest BCUT2D eigenvalue weighted by Gasteiger charge is -2.25. The van der Waals surface area contributed by atoms with Crippen LogP contribution in [-0.2, 0) is 11.2 Å². The van der Waals surface area contributed by atoms with Crippen LogP contribution in [0.25, 0.3) is 0 Å². The summed E-state index contributed by atoms with van der Waals surface area (Å²) < 4.78 is 13.2. The van der Waals surface area contributed by atoms with Crippen molar-refractivity contribution in [2.75, 3.05) is 32.7 Å². The Morgan fingerprint density at radius 1 is 0.974 bits per heavy atom. The van der Waals surface area contributed by atoms with E-state index in [1.807, 2.05) is 55.1 Å². The van der Waals surface area contributed by atoms with Crippen molar-refractivity contribution in [2.24, 2.45) is 11.8 Å². The van der Waals surface area contributed by atoms with Crippen LogP contribution in [0.3, 0.4) is 0 Å². The molecule has 2 unspecified atom stereocenters. The highest BCUT2D eigenvalue weighted by molar-refractivity contribution is 5.96. The highest BCUT2D eigenvalue weighted by Crippen LogP contribution is 2.33. The second-order valence-electron chi connectivity index (χ2n) is 10.7. The minimum absolute atomic E-state index is 0.0705. The van der Waals surface area contributed by atoms with Gasteiger partial charge in [0, 0.05) is 38.9 Å². The smallest absolute Gasteiger partial charge is 0.255 e. The largest absolute Gasteiger partial charge is 0.349 e. The number of aromatic nitrogens is 1. The molecule has 198 valence electrons. The van der Waals surface area contributed by atoms with E-state index >= 15 is 0 Å². The summed E-state index contributed by atoms with van der Waals surface area (Å²) in [5.74, 6) is 0.668. The zero-order chi connectivity index (χ0) is 26.6. The van der Waals surface area contributed by atoms with E-state index in [2.05, 4.69) is 15.2 Å². The minimum Gasteiger partial charge on any atom is -0.349 e. The number of fused-ring (bicyclic) bond motifs is 1. The van der Waals surface area contributed by atoms with Gasteiger partial charge < -0.3 is 15.1 Å². The van der Waals surface area contributed by atoms with Gasteiger partial charge in [-0.15, -0.1) is 0 Å². The summed E-state index contributed by atoms with van der Waals surface area (Å²) in [5.41, 5.74) is 4.39. The number of aryl methyl sites for hydroxylation is 2. The number of rotatable bonds is 8. The first-order valence-corrected chi connectivity index (χ1v) is 13.4. The van der Waals surface area contributed by atoms with Gasteiger partial charge in [0.25, 0.3) is 5.91 Å². The van der Waals surface area contributed by atoms with Crippen LogP contribution < -0.4 is 5.32 Å². The van der Waals surface area contributed by atoms with Crippen molar-refractivity contribution in [3.8, 4) is 0 Å². The highest BCUT2D eigenvalue weighted by Gasteiger charge is 2.42. The second kappa shape index (κ2) is 11.4. The summed E-state index contributed by atoms with van der Waals surface area (Å²) in [7, 11) is 0. The summed E-state index contributed by atoms with van der Waals surface area (Å²) in [4.78, 5) is 34.9. The number of nitrogens with zero attached hydrogens (tertiary/aromatic N) is 3. The lowest BCUT2D eigenvalue weighted by molar-refractivity contribution is -0.121. The molecule has 0 radical (unpaired) electrons. The average Bonchev–Trinajstić information content (AvgIpc) is 3.47. The van der Waals surface area contributed by atoms with Gasteiger partial charge >= 0.3 is 0 Å². The quantitative estimate of drug-likeness (QED) is 0.486. The van der Waals surface area contributed by atoms with Crippen LogP contribution in [0.5, 0.6) is 0 Å². The molecular formula is C31H35FN4O2. The molecular weight excluding hydrogens is 479 g/mol. The summed E-state index contributed by atoms with van der Waals surface area (Å²) in [6, 6.07) is 17.9. The van der Waals surface area contributed by atoms with E-state index in [0.717, 1.165) is 67.1 Å². The molecule has 2 amide bonds. The van der Waals surface area contributed by atoms with E-state index in [1.54, 1.807) is 18.3 Å². The van der Waals surface area contributed by atoms with Gasteiger partial charge in [-0.05, 0) is 67.0 Å². The van der Waals surface area contributed by atoms with Gasteiger partial charge in [-0.1, -0.05) is 42.5 Å². The Hall–Kier alpha value is -3.58. The molecule has 6 nitrogen and oxygen atoms in total. The maximum absolute atomic E-state index is 13.2. The molecule has 0 bridgehead atoms. The molecule has 2 aromatic carbocycles. The normalized spacial score (nSPS) is 19.8. The van der Waals surface area contributed by atoms with Gasteiger partial charge in [-0.3, -0.25) is 14.6 Å². The third-order valence-electron chi connectivity index (χ3n) is 7.96. The molecule has 38 heavy (non-hydrogen) atoms. The summed E-state index contributed by atoms with van der Waals surface area (Å²) in [6.07, 6.45) is 2.78. The third-order valence-corrected chi connectivity index (χ3v) is 7.96. The van der Waals surface area contributed by atoms with Crippen molar-refractivity contribution in [1.82, 2.24) is 20.1 Å². The first kappa shape index (κ1) is 26.0. The Balaban J connectivity index is 1.16. The first-order chi connectivity index (χ1) is 18.4. The fraction of sp³-hybridized carbons (Fsp3) is 0.387. The van der Waals surface area contributed by atoms with Gasteiger partial charge in [-0.2, -0.15) is 0 Å². The van der Waals surface area contributed by atoms with E-state index < -0.39 is 0 Å². The first-order valence-electron chi connectivity index (χ1n) is 13.4. The summed E-state index contributed by atoms with van der Waals surface area (Å²) >= 11 is 0. The third kappa shape index (κ3) is 5.94. The topological polar surface area (TPSA) is 65.5 Å².